The Bertz CT molecular complexity index is 1140. The molecule has 1 heterocycles. The molecule has 1 N–H and O–H groups in total. The molecule has 0 aliphatic heterocycles. The van der Waals surface area contributed by atoms with Gasteiger partial charge in [-0.3, -0.25) is 9.59 Å². The van der Waals surface area contributed by atoms with Gasteiger partial charge in [0.15, 0.2) is 5.69 Å². The standard InChI is InChI=1S/C19H11F6N3O2/c20-18(21,22)11-5-4-6-12(9-11)26-17(30)16-14(19(23,24)25)10-15(29)28(27-16)13-7-2-1-3-8-13/h1-10H,(H,26,30). The summed E-state index contributed by atoms with van der Waals surface area (Å²) in [5.74, 6) is -1.42. The van der Waals surface area contributed by atoms with Crippen molar-refractivity contribution in [3.63, 3.8) is 0 Å². The van der Waals surface area contributed by atoms with E-state index in [0.717, 1.165) is 18.2 Å². The van der Waals surface area contributed by atoms with Crippen molar-refractivity contribution in [2.75, 3.05) is 5.32 Å². The van der Waals surface area contributed by atoms with Crippen molar-refractivity contribution in [3.8, 4) is 5.69 Å². The van der Waals surface area contributed by atoms with Crippen LogP contribution in [0.3, 0.4) is 0 Å². The molecule has 0 radical (unpaired) electrons. The zero-order chi connectivity index (χ0) is 22.1. The van der Waals surface area contributed by atoms with E-state index in [9.17, 15) is 35.9 Å². The summed E-state index contributed by atoms with van der Waals surface area (Å²) >= 11 is 0. The molecule has 0 aliphatic rings. The normalized spacial score (nSPS) is 11.9. The van der Waals surface area contributed by atoms with Crippen molar-refractivity contribution in [3.05, 3.63) is 87.8 Å². The fourth-order valence-electron chi connectivity index (χ4n) is 2.56. The number of nitrogens with one attached hydrogen (secondary N) is 1. The van der Waals surface area contributed by atoms with Crippen LogP contribution in [0.25, 0.3) is 5.69 Å². The van der Waals surface area contributed by atoms with E-state index in [4.69, 9.17) is 0 Å². The van der Waals surface area contributed by atoms with Gasteiger partial charge in [0.1, 0.15) is 0 Å². The van der Waals surface area contributed by atoms with E-state index in [1.54, 1.807) is 6.07 Å². The number of anilines is 1. The molecule has 11 heteroatoms. The second-order valence-electron chi connectivity index (χ2n) is 6.02. The number of hydrogen-bond acceptors (Lipinski definition) is 3. The number of nitrogens with zero attached hydrogens (tertiary/aromatic N) is 2. The Kier molecular flexibility index (Phi) is 5.38. The molecule has 0 bridgehead atoms. The van der Waals surface area contributed by atoms with E-state index in [1.165, 1.54) is 24.3 Å². The number of rotatable bonds is 3. The van der Waals surface area contributed by atoms with Gasteiger partial charge in [0, 0.05) is 11.8 Å². The van der Waals surface area contributed by atoms with Crippen LogP contribution in [-0.4, -0.2) is 15.7 Å². The molecular formula is C19H11F6N3O2. The minimum atomic E-state index is -5.09. The molecule has 156 valence electrons. The maximum absolute atomic E-state index is 13.4. The molecule has 0 fully saturated rings. The first kappa shape index (κ1) is 21.1. The summed E-state index contributed by atoms with van der Waals surface area (Å²) < 4.78 is 79.2. The molecule has 3 aromatic rings. The summed E-state index contributed by atoms with van der Waals surface area (Å²) in [5, 5.41) is 5.49. The summed E-state index contributed by atoms with van der Waals surface area (Å²) in [5.41, 5.74) is -5.29. The molecule has 0 aliphatic carbocycles. The monoisotopic (exact) mass is 427 g/mol. The van der Waals surface area contributed by atoms with Gasteiger partial charge >= 0.3 is 12.4 Å². The lowest BCUT2D eigenvalue weighted by Gasteiger charge is -2.15. The Balaban J connectivity index is 2.07. The lowest BCUT2D eigenvalue weighted by atomic mass is 10.1. The van der Waals surface area contributed by atoms with Crippen LogP contribution in [0.5, 0.6) is 0 Å². The number of para-hydroxylation sites is 1. The molecule has 3 rings (SSSR count). The Morgan fingerprint density at radius 1 is 0.867 bits per heavy atom. The van der Waals surface area contributed by atoms with E-state index in [-0.39, 0.29) is 17.4 Å². The van der Waals surface area contributed by atoms with Crippen molar-refractivity contribution in [2.24, 2.45) is 0 Å². The number of carbonyl (C=O) groups is 1. The van der Waals surface area contributed by atoms with Gasteiger partial charge in [-0.1, -0.05) is 24.3 Å². The molecule has 30 heavy (non-hydrogen) atoms. The van der Waals surface area contributed by atoms with Crippen LogP contribution >= 0.6 is 0 Å². The Hall–Kier alpha value is -3.63. The summed E-state index contributed by atoms with van der Waals surface area (Å²) in [7, 11) is 0. The fraction of sp³-hybridized carbons (Fsp3) is 0.105. The minimum Gasteiger partial charge on any atom is -0.321 e. The molecule has 0 saturated heterocycles. The minimum absolute atomic E-state index is 0.101. The van der Waals surface area contributed by atoms with Crippen LogP contribution in [0.15, 0.2) is 65.5 Å². The smallest absolute Gasteiger partial charge is 0.321 e. The molecular weight excluding hydrogens is 416 g/mol. The van der Waals surface area contributed by atoms with Gasteiger partial charge in [0.05, 0.1) is 16.8 Å². The summed E-state index contributed by atoms with van der Waals surface area (Å²) in [6.07, 6.45) is -9.81. The predicted octanol–water partition coefficient (Wildman–Crippen LogP) is 4.52. The van der Waals surface area contributed by atoms with Gasteiger partial charge in [-0.25, -0.2) is 0 Å². The highest BCUT2D eigenvalue weighted by Crippen LogP contribution is 2.32. The van der Waals surface area contributed by atoms with Gasteiger partial charge in [-0.2, -0.15) is 36.1 Å². The Labute approximate surface area is 164 Å². The van der Waals surface area contributed by atoms with E-state index in [1.807, 2.05) is 5.32 Å². The molecule has 0 saturated carbocycles. The second-order valence-corrected chi connectivity index (χ2v) is 6.02. The highest BCUT2D eigenvalue weighted by atomic mass is 19.4. The molecule has 0 atom stereocenters. The van der Waals surface area contributed by atoms with Crippen molar-refractivity contribution in [1.29, 1.82) is 0 Å². The SMILES string of the molecule is O=C(Nc1cccc(C(F)(F)F)c1)c1nn(-c2ccccc2)c(=O)cc1C(F)(F)F. The number of carbonyl (C=O) groups excluding carboxylic acids is 1. The number of amides is 1. The predicted molar refractivity (Wildman–Crippen MR) is 94.2 cm³/mol. The average Bonchev–Trinajstić information content (AvgIpc) is 2.67. The van der Waals surface area contributed by atoms with E-state index in [2.05, 4.69) is 5.10 Å². The number of hydrogen-bond donors (Lipinski definition) is 1. The van der Waals surface area contributed by atoms with Crippen molar-refractivity contribution >= 4 is 11.6 Å². The van der Waals surface area contributed by atoms with Gasteiger partial charge in [-0.05, 0) is 30.3 Å². The van der Waals surface area contributed by atoms with Crippen LogP contribution in [0.2, 0.25) is 0 Å². The van der Waals surface area contributed by atoms with Crippen LogP contribution in [-0.2, 0) is 12.4 Å². The topological polar surface area (TPSA) is 64.0 Å². The highest BCUT2D eigenvalue weighted by molar-refractivity contribution is 6.04. The van der Waals surface area contributed by atoms with Gasteiger partial charge in [0.2, 0.25) is 0 Å². The average molecular weight is 427 g/mol. The van der Waals surface area contributed by atoms with E-state index < -0.39 is 40.6 Å². The third-order valence-corrected chi connectivity index (χ3v) is 3.90. The lowest BCUT2D eigenvalue weighted by molar-refractivity contribution is -0.138. The first-order chi connectivity index (χ1) is 14.0. The fourth-order valence-corrected chi connectivity index (χ4v) is 2.56. The lowest BCUT2D eigenvalue weighted by Crippen LogP contribution is -2.30. The van der Waals surface area contributed by atoms with Gasteiger partial charge in [0.25, 0.3) is 11.5 Å². The maximum Gasteiger partial charge on any atom is 0.418 e. The second kappa shape index (κ2) is 7.65. The molecule has 1 aromatic heterocycles. The van der Waals surface area contributed by atoms with Crippen molar-refractivity contribution < 1.29 is 31.1 Å². The first-order valence-corrected chi connectivity index (χ1v) is 8.22. The molecule has 2 aromatic carbocycles. The Morgan fingerprint density at radius 3 is 2.13 bits per heavy atom. The van der Waals surface area contributed by atoms with Crippen molar-refractivity contribution in [2.45, 2.75) is 12.4 Å². The third kappa shape index (κ3) is 4.50. The largest absolute Gasteiger partial charge is 0.418 e. The van der Waals surface area contributed by atoms with Crippen molar-refractivity contribution in [1.82, 2.24) is 9.78 Å². The van der Waals surface area contributed by atoms with Gasteiger partial charge < -0.3 is 5.32 Å². The number of alkyl halides is 6. The van der Waals surface area contributed by atoms with Crippen LogP contribution in [0.1, 0.15) is 21.6 Å². The van der Waals surface area contributed by atoms with Crippen LogP contribution < -0.4 is 10.9 Å². The van der Waals surface area contributed by atoms with E-state index >= 15 is 0 Å². The van der Waals surface area contributed by atoms with E-state index in [0.29, 0.717) is 10.7 Å². The van der Waals surface area contributed by atoms with Crippen LogP contribution in [0.4, 0.5) is 32.0 Å². The zero-order valence-electron chi connectivity index (χ0n) is 14.8. The molecule has 0 unspecified atom stereocenters. The molecule has 0 spiro atoms. The summed E-state index contributed by atoms with van der Waals surface area (Å²) in [6.45, 7) is 0. The quantitative estimate of drug-likeness (QED) is 0.625. The zero-order valence-corrected chi connectivity index (χ0v) is 14.8. The van der Waals surface area contributed by atoms with Gasteiger partial charge in [-0.15, -0.1) is 0 Å². The molecule has 5 nitrogen and oxygen atoms in total. The number of benzene rings is 2. The molecule has 1 amide bonds. The highest BCUT2D eigenvalue weighted by Gasteiger charge is 2.38. The summed E-state index contributed by atoms with van der Waals surface area (Å²) in [6, 6.07) is 11.0. The number of halogens is 6. The maximum atomic E-state index is 13.4. The summed E-state index contributed by atoms with van der Waals surface area (Å²) in [4.78, 5) is 24.6. The third-order valence-electron chi connectivity index (χ3n) is 3.90. The van der Waals surface area contributed by atoms with Crippen LogP contribution in [0, 0.1) is 0 Å². The first-order valence-electron chi connectivity index (χ1n) is 8.22. The number of aromatic nitrogens is 2. The Morgan fingerprint density at radius 2 is 1.53 bits per heavy atom.